The molecule has 0 radical (unpaired) electrons. The van der Waals surface area contributed by atoms with Crippen LogP contribution < -0.4 is 5.73 Å². The van der Waals surface area contributed by atoms with E-state index in [2.05, 4.69) is 0 Å². The van der Waals surface area contributed by atoms with Gasteiger partial charge in [0.1, 0.15) is 6.79 Å². The standard InChI is InChI=1S/C11H21NO2/c12-6-10-2-1-3-11(10)14-8-13-7-9-4-5-9/h9-11H,1-8,12H2. The van der Waals surface area contributed by atoms with Crippen LogP contribution >= 0.6 is 0 Å². The Balaban J connectivity index is 1.54. The predicted molar refractivity (Wildman–Crippen MR) is 54.8 cm³/mol. The molecule has 0 saturated heterocycles. The Hall–Kier alpha value is -0.120. The molecule has 0 spiro atoms. The lowest BCUT2D eigenvalue weighted by Crippen LogP contribution is -2.26. The van der Waals surface area contributed by atoms with E-state index >= 15 is 0 Å². The van der Waals surface area contributed by atoms with E-state index < -0.39 is 0 Å². The van der Waals surface area contributed by atoms with Crippen molar-refractivity contribution in [3.05, 3.63) is 0 Å². The van der Waals surface area contributed by atoms with Crippen molar-refractivity contribution in [2.75, 3.05) is 19.9 Å². The number of nitrogens with two attached hydrogens (primary N) is 1. The van der Waals surface area contributed by atoms with E-state index in [1.54, 1.807) is 0 Å². The van der Waals surface area contributed by atoms with Crippen LogP contribution in [-0.2, 0) is 9.47 Å². The van der Waals surface area contributed by atoms with Crippen LogP contribution in [0.15, 0.2) is 0 Å². The molecule has 0 aromatic heterocycles. The second-order valence-corrected chi connectivity index (χ2v) is 4.56. The predicted octanol–water partition coefficient (Wildman–Crippen LogP) is 1.51. The molecule has 14 heavy (non-hydrogen) atoms. The lowest BCUT2D eigenvalue weighted by molar-refractivity contribution is -0.101. The summed E-state index contributed by atoms with van der Waals surface area (Å²) in [6, 6.07) is 0. The minimum Gasteiger partial charge on any atom is -0.355 e. The zero-order chi connectivity index (χ0) is 9.80. The largest absolute Gasteiger partial charge is 0.355 e. The monoisotopic (exact) mass is 199 g/mol. The van der Waals surface area contributed by atoms with Gasteiger partial charge in [0, 0.05) is 0 Å². The number of hydrogen-bond acceptors (Lipinski definition) is 3. The fraction of sp³-hybridized carbons (Fsp3) is 1.00. The van der Waals surface area contributed by atoms with Crippen LogP contribution in [0.5, 0.6) is 0 Å². The van der Waals surface area contributed by atoms with Crippen molar-refractivity contribution in [1.29, 1.82) is 0 Å². The summed E-state index contributed by atoms with van der Waals surface area (Å²) in [5.74, 6) is 1.40. The topological polar surface area (TPSA) is 44.5 Å². The normalized spacial score (nSPS) is 32.4. The molecule has 0 heterocycles. The highest BCUT2D eigenvalue weighted by Gasteiger charge is 2.27. The second kappa shape index (κ2) is 5.10. The van der Waals surface area contributed by atoms with Gasteiger partial charge in [0.05, 0.1) is 12.7 Å². The molecular weight excluding hydrogens is 178 g/mol. The van der Waals surface area contributed by atoms with Crippen LogP contribution in [0.1, 0.15) is 32.1 Å². The van der Waals surface area contributed by atoms with Crippen LogP contribution in [0.2, 0.25) is 0 Å². The minimum atomic E-state index is 0.360. The number of rotatable bonds is 6. The van der Waals surface area contributed by atoms with Crippen molar-refractivity contribution in [3.63, 3.8) is 0 Å². The number of ether oxygens (including phenoxy) is 2. The Morgan fingerprint density at radius 2 is 2.00 bits per heavy atom. The van der Waals surface area contributed by atoms with E-state index in [0.29, 0.717) is 18.8 Å². The quantitative estimate of drug-likeness (QED) is 0.521. The van der Waals surface area contributed by atoms with Gasteiger partial charge in [-0.3, -0.25) is 0 Å². The van der Waals surface area contributed by atoms with Crippen LogP contribution in [0.25, 0.3) is 0 Å². The third-order valence-corrected chi connectivity index (χ3v) is 3.31. The molecule has 0 amide bonds. The SMILES string of the molecule is NCC1CCCC1OCOCC1CC1. The van der Waals surface area contributed by atoms with Gasteiger partial charge in [-0.15, -0.1) is 0 Å². The van der Waals surface area contributed by atoms with Gasteiger partial charge in [-0.05, 0) is 44.1 Å². The molecule has 0 aliphatic heterocycles. The first-order valence-electron chi connectivity index (χ1n) is 5.79. The van der Waals surface area contributed by atoms with Gasteiger partial charge in [0.2, 0.25) is 0 Å². The van der Waals surface area contributed by atoms with Crippen LogP contribution in [0.3, 0.4) is 0 Å². The summed E-state index contributed by atoms with van der Waals surface area (Å²) < 4.78 is 11.1. The first-order chi connectivity index (χ1) is 6.90. The summed E-state index contributed by atoms with van der Waals surface area (Å²) in [6.07, 6.45) is 6.69. The van der Waals surface area contributed by atoms with Crippen molar-refractivity contribution >= 4 is 0 Å². The minimum absolute atomic E-state index is 0.360. The van der Waals surface area contributed by atoms with E-state index in [1.165, 1.54) is 25.7 Å². The first-order valence-corrected chi connectivity index (χ1v) is 5.79. The lowest BCUT2D eigenvalue weighted by Gasteiger charge is -2.18. The van der Waals surface area contributed by atoms with E-state index in [9.17, 15) is 0 Å². The summed E-state index contributed by atoms with van der Waals surface area (Å²) in [7, 11) is 0. The molecule has 3 heteroatoms. The van der Waals surface area contributed by atoms with Crippen molar-refractivity contribution in [1.82, 2.24) is 0 Å². The van der Waals surface area contributed by atoms with E-state index in [1.807, 2.05) is 0 Å². The van der Waals surface area contributed by atoms with Gasteiger partial charge in [-0.2, -0.15) is 0 Å². The third kappa shape index (κ3) is 2.94. The Bertz CT molecular complexity index is 171. The Morgan fingerprint density at radius 1 is 1.14 bits per heavy atom. The molecule has 0 aromatic carbocycles. The molecule has 2 fully saturated rings. The molecule has 2 N–H and O–H groups in total. The first kappa shape index (κ1) is 10.4. The van der Waals surface area contributed by atoms with Gasteiger partial charge < -0.3 is 15.2 Å². The van der Waals surface area contributed by atoms with Crippen molar-refractivity contribution in [3.8, 4) is 0 Å². The summed E-state index contributed by atoms with van der Waals surface area (Å²) in [5.41, 5.74) is 5.67. The molecule has 2 aliphatic rings. The maximum absolute atomic E-state index is 5.68. The average Bonchev–Trinajstić information content (AvgIpc) is 2.91. The van der Waals surface area contributed by atoms with Crippen molar-refractivity contribution in [2.45, 2.75) is 38.2 Å². The van der Waals surface area contributed by atoms with E-state index in [-0.39, 0.29) is 0 Å². The summed E-state index contributed by atoms with van der Waals surface area (Å²) in [5, 5.41) is 0. The molecule has 2 unspecified atom stereocenters. The summed E-state index contributed by atoms with van der Waals surface area (Å²) in [4.78, 5) is 0. The van der Waals surface area contributed by atoms with E-state index in [0.717, 1.165) is 25.5 Å². The van der Waals surface area contributed by atoms with Gasteiger partial charge >= 0.3 is 0 Å². The highest BCUT2D eigenvalue weighted by molar-refractivity contribution is 4.78. The fourth-order valence-corrected chi connectivity index (χ4v) is 2.13. The smallest absolute Gasteiger partial charge is 0.147 e. The van der Waals surface area contributed by atoms with Crippen LogP contribution in [0.4, 0.5) is 0 Å². The summed E-state index contributed by atoms with van der Waals surface area (Å²) >= 11 is 0. The maximum atomic E-state index is 5.68. The fourth-order valence-electron chi connectivity index (χ4n) is 2.13. The number of hydrogen-bond donors (Lipinski definition) is 1. The maximum Gasteiger partial charge on any atom is 0.147 e. The average molecular weight is 199 g/mol. The van der Waals surface area contributed by atoms with Gasteiger partial charge in [-0.25, -0.2) is 0 Å². The van der Waals surface area contributed by atoms with Gasteiger partial charge in [-0.1, -0.05) is 6.42 Å². The zero-order valence-electron chi connectivity index (χ0n) is 8.78. The van der Waals surface area contributed by atoms with Crippen molar-refractivity contribution < 1.29 is 9.47 Å². The lowest BCUT2D eigenvalue weighted by atomic mass is 10.1. The second-order valence-electron chi connectivity index (χ2n) is 4.56. The highest BCUT2D eigenvalue weighted by atomic mass is 16.7. The van der Waals surface area contributed by atoms with Gasteiger partial charge in [0.15, 0.2) is 0 Å². The zero-order valence-corrected chi connectivity index (χ0v) is 8.78. The van der Waals surface area contributed by atoms with E-state index in [4.69, 9.17) is 15.2 Å². The Labute approximate surface area is 85.9 Å². The summed E-state index contributed by atoms with van der Waals surface area (Å²) in [6.45, 7) is 2.12. The molecule has 2 aliphatic carbocycles. The molecule has 2 rings (SSSR count). The third-order valence-electron chi connectivity index (χ3n) is 3.31. The van der Waals surface area contributed by atoms with Crippen LogP contribution in [0, 0.1) is 11.8 Å². The molecule has 82 valence electrons. The molecule has 2 saturated carbocycles. The Morgan fingerprint density at radius 3 is 2.71 bits per heavy atom. The molecule has 0 bridgehead atoms. The molecule has 2 atom stereocenters. The van der Waals surface area contributed by atoms with Crippen LogP contribution in [-0.4, -0.2) is 26.0 Å². The molecular formula is C11H21NO2. The highest BCUT2D eigenvalue weighted by Crippen LogP contribution is 2.29. The molecule has 0 aromatic rings. The Kier molecular flexibility index (Phi) is 3.79. The molecule has 3 nitrogen and oxygen atoms in total. The van der Waals surface area contributed by atoms with Crippen molar-refractivity contribution in [2.24, 2.45) is 17.6 Å². The van der Waals surface area contributed by atoms with Gasteiger partial charge in [0.25, 0.3) is 0 Å².